The molecular weight excluding hydrogens is 372 g/mol. The lowest BCUT2D eigenvalue weighted by atomic mass is 10.0. The van der Waals surface area contributed by atoms with Crippen molar-refractivity contribution in [3.05, 3.63) is 50.4 Å². The van der Waals surface area contributed by atoms with Gasteiger partial charge in [0.2, 0.25) is 5.78 Å². The van der Waals surface area contributed by atoms with Crippen LogP contribution in [0.15, 0.2) is 28.0 Å². The van der Waals surface area contributed by atoms with Crippen LogP contribution in [0, 0.1) is 0 Å². The summed E-state index contributed by atoms with van der Waals surface area (Å²) in [6.45, 7) is 2.05. The van der Waals surface area contributed by atoms with Crippen LogP contribution in [0.1, 0.15) is 33.2 Å². The number of halogens is 1. The third-order valence-electron chi connectivity index (χ3n) is 3.54. The molecule has 2 rings (SSSR count). The molecule has 25 heavy (non-hydrogen) atoms. The number of H-pyrrole nitrogens is 1. The first-order chi connectivity index (χ1) is 11.6. The number of nitrogens with one attached hydrogen (secondary N) is 1. The van der Waals surface area contributed by atoms with Crippen LogP contribution >= 0.6 is 11.6 Å². The van der Waals surface area contributed by atoms with Gasteiger partial charge in [0.05, 0.1) is 22.6 Å². The van der Waals surface area contributed by atoms with Gasteiger partial charge in [0.15, 0.2) is 9.84 Å². The Kier molecular flexibility index (Phi) is 5.19. The third-order valence-corrected chi connectivity index (χ3v) is 5.07. The number of ketones is 1. The van der Waals surface area contributed by atoms with Gasteiger partial charge in [0.1, 0.15) is 5.56 Å². The minimum atomic E-state index is -3.79. The maximum Gasteiger partial charge on any atom is 0.340 e. The number of aryl methyl sites for hydroxylation is 1. The van der Waals surface area contributed by atoms with E-state index in [9.17, 15) is 22.8 Å². The predicted octanol–water partition coefficient (Wildman–Crippen LogP) is 1.27. The summed E-state index contributed by atoms with van der Waals surface area (Å²) in [5, 5.41) is 2.25. The highest BCUT2D eigenvalue weighted by Gasteiger charge is 2.28. The van der Waals surface area contributed by atoms with Crippen LogP contribution in [-0.2, 0) is 21.1 Å². The van der Waals surface area contributed by atoms with Gasteiger partial charge in [-0.05, 0) is 19.1 Å². The highest BCUT2D eigenvalue weighted by molar-refractivity contribution is 7.90. The van der Waals surface area contributed by atoms with Crippen molar-refractivity contribution in [2.24, 2.45) is 0 Å². The second kappa shape index (κ2) is 6.85. The van der Waals surface area contributed by atoms with Crippen molar-refractivity contribution in [1.29, 1.82) is 0 Å². The summed E-state index contributed by atoms with van der Waals surface area (Å²) in [6, 6.07) is 2.25. The Morgan fingerprint density at radius 3 is 2.40 bits per heavy atom. The van der Waals surface area contributed by atoms with Gasteiger partial charge in [-0.2, -0.15) is 0 Å². The predicted molar refractivity (Wildman–Crippen MR) is 90.1 cm³/mol. The average Bonchev–Trinajstić information content (AvgIpc) is 2.93. The van der Waals surface area contributed by atoms with E-state index in [1.54, 1.807) is 6.92 Å². The van der Waals surface area contributed by atoms with Crippen molar-refractivity contribution in [3.63, 3.8) is 0 Å². The first-order valence-corrected chi connectivity index (χ1v) is 9.34. The molecule has 0 saturated heterocycles. The molecule has 0 saturated carbocycles. The minimum absolute atomic E-state index is 0.172. The molecular formula is C15H15ClN2O6S. The van der Waals surface area contributed by atoms with Gasteiger partial charge in [-0.15, -0.1) is 0 Å². The lowest BCUT2D eigenvalue weighted by Crippen LogP contribution is -2.22. The van der Waals surface area contributed by atoms with Crippen LogP contribution in [0.4, 0.5) is 0 Å². The summed E-state index contributed by atoms with van der Waals surface area (Å²) >= 11 is 6.13. The standard InChI is InChI=1S/C15H15ClN2O6S/c1-4-18-14(20)9(7-17-18)13(19)8-5-6-10(25(3,22)23)11(12(8)16)15(21)24-2/h5-7,17H,4H2,1-3H3. The average molecular weight is 387 g/mol. The van der Waals surface area contributed by atoms with E-state index in [-0.39, 0.29) is 21.0 Å². The van der Waals surface area contributed by atoms with Crippen LogP contribution in [0.5, 0.6) is 0 Å². The van der Waals surface area contributed by atoms with Gasteiger partial charge in [0, 0.05) is 24.6 Å². The van der Waals surface area contributed by atoms with Crippen molar-refractivity contribution in [2.75, 3.05) is 13.4 Å². The van der Waals surface area contributed by atoms with E-state index in [1.165, 1.54) is 10.9 Å². The molecule has 2 aromatic rings. The monoisotopic (exact) mass is 386 g/mol. The lowest BCUT2D eigenvalue weighted by molar-refractivity contribution is 0.0596. The summed E-state index contributed by atoms with van der Waals surface area (Å²) in [5.74, 6) is -1.73. The van der Waals surface area contributed by atoms with Crippen molar-refractivity contribution in [2.45, 2.75) is 18.4 Å². The highest BCUT2D eigenvalue weighted by Crippen LogP contribution is 2.29. The molecule has 0 aliphatic heterocycles. The molecule has 0 unspecified atom stereocenters. The number of ether oxygens (including phenoxy) is 1. The summed E-state index contributed by atoms with van der Waals surface area (Å²) in [7, 11) is -2.73. The number of rotatable bonds is 5. The number of aromatic nitrogens is 2. The number of methoxy groups -OCH3 is 1. The molecule has 10 heteroatoms. The smallest absolute Gasteiger partial charge is 0.340 e. The molecule has 0 aliphatic carbocycles. The fraction of sp³-hybridized carbons (Fsp3) is 0.267. The summed E-state index contributed by atoms with van der Waals surface area (Å²) in [4.78, 5) is 36.3. The van der Waals surface area contributed by atoms with E-state index < -0.39 is 32.7 Å². The summed E-state index contributed by atoms with van der Waals surface area (Å²) < 4.78 is 29.5. The molecule has 0 spiro atoms. The highest BCUT2D eigenvalue weighted by atomic mass is 35.5. The molecule has 1 heterocycles. The Balaban J connectivity index is 2.71. The normalized spacial score (nSPS) is 11.4. The van der Waals surface area contributed by atoms with E-state index in [1.807, 2.05) is 0 Å². The van der Waals surface area contributed by atoms with Crippen LogP contribution in [0.2, 0.25) is 5.02 Å². The van der Waals surface area contributed by atoms with Crippen LogP contribution in [0.3, 0.4) is 0 Å². The topological polar surface area (TPSA) is 115 Å². The lowest BCUT2D eigenvalue weighted by Gasteiger charge is -2.11. The maximum absolute atomic E-state index is 12.6. The molecule has 134 valence electrons. The molecule has 0 fully saturated rings. The van der Waals surface area contributed by atoms with Gasteiger partial charge in [-0.25, -0.2) is 13.2 Å². The molecule has 0 amide bonds. The molecule has 0 atom stereocenters. The number of hydrogen-bond donors (Lipinski definition) is 1. The number of carbonyl (C=O) groups is 2. The minimum Gasteiger partial charge on any atom is -0.465 e. The fourth-order valence-corrected chi connectivity index (χ4v) is 3.54. The van der Waals surface area contributed by atoms with Crippen molar-refractivity contribution < 1.29 is 22.7 Å². The van der Waals surface area contributed by atoms with Crippen LogP contribution < -0.4 is 5.56 Å². The first kappa shape index (κ1) is 18.9. The number of nitrogens with zero attached hydrogens (tertiary/aromatic N) is 1. The second-order valence-corrected chi connectivity index (χ2v) is 7.49. The third kappa shape index (κ3) is 3.38. The van der Waals surface area contributed by atoms with E-state index >= 15 is 0 Å². The van der Waals surface area contributed by atoms with E-state index in [0.29, 0.717) is 6.54 Å². The summed E-state index contributed by atoms with van der Waals surface area (Å²) in [6.07, 6.45) is 2.13. The van der Waals surface area contributed by atoms with Crippen molar-refractivity contribution >= 4 is 33.2 Å². The van der Waals surface area contributed by atoms with Crippen LogP contribution in [0.25, 0.3) is 0 Å². The first-order valence-electron chi connectivity index (χ1n) is 7.07. The van der Waals surface area contributed by atoms with Gasteiger partial charge in [-0.1, -0.05) is 11.6 Å². The Labute approximate surface area is 148 Å². The molecule has 0 aliphatic rings. The quantitative estimate of drug-likeness (QED) is 0.611. The zero-order valence-electron chi connectivity index (χ0n) is 13.6. The molecule has 8 nitrogen and oxygen atoms in total. The molecule has 1 aromatic heterocycles. The van der Waals surface area contributed by atoms with Crippen molar-refractivity contribution in [3.8, 4) is 0 Å². The Morgan fingerprint density at radius 2 is 1.92 bits per heavy atom. The van der Waals surface area contributed by atoms with E-state index in [4.69, 9.17) is 11.6 Å². The molecule has 1 aromatic carbocycles. The molecule has 0 bridgehead atoms. The second-order valence-electron chi connectivity index (χ2n) is 5.13. The Hall–Kier alpha value is -2.39. The van der Waals surface area contributed by atoms with Gasteiger partial charge in [-0.3, -0.25) is 14.3 Å². The van der Waals surface area contributed by atoms with E-state index in [2.05, 4.69) is 9.84 Å². The van der Waals surface area contributed by atoms with Gasteiger partial charge < -0.3 is 9.84 Å². The number of aromatic amines is 1. The largest absolute Gasteiger partial charge is 0.465 e. The molecule has 1 N–H and O–H groups in total. The Bertz CT molecular complexity index is 1020. The number of sulfone groups is 1. The van der Waals surface area contributed by atoms with Gasteiger partial charge >= 0.3 is 5.97 Å². The number of benzene rings is 1. The molecule has 0 radical (unpaired) electrons. The van der Waals surface area contributed by atoms with Crippen molar-refractivity contribution in [1.82, 2.24) is 9.78 Å². The number of esters is 1. The number of carbonyl (C=O) groups excluding carboxylic acids is 2. The zero-order chi connectivity index (χ0) is 18.9. The zero-order valence-corrected chi connectivity index (χ0v) is 15.2. The maximum atomic E-state index is 12.6. The Morgan fingerprint density at radius 1 is 1.28 bits per heavy atom. The van der Waals surface area contributed by atoms with Gasteiger partial charge in [0.25, 0.3) is 5.56 Å². The number of hydrogen-bond acceptors (Lipinski definition) is 6. The fourth-order valence-electron chi connectivity index (χ4n) is 2.29. The SMILES string of the molecule is CCn1[nH]cc(C(=O)c2ccc(S(C)(=O)=O)c(C(=O)OC)c2Cl)c1=O. The van der Waals surface area contributed by atoms with Crippen LogP contribution in [-0.4, -0.2) is 43.3 Å². The summed E-state index contributed by atoms with van der Waals surface area (Å²) in [5.41, 5.74) is -1.33. The van der Waals surface area contributed by atoms with E-state index in [0.717, 1.165) is 25.5 Å².